The molecule has 0 rings (SSSR count). The molecule has 0 aromatic carbocycles. The van der Waals surface area contributed by atoms with Crippen molar-refractivity contribution in [1.29, 1.82) is 0 Å². The van der Waals surface area contributed by atoms with E-state index in [0.717, 1.165) is 0 Å². The summed E-state index contributed by atoms with van der Waals surface area (Å²) in [6.07, 6.45) is 5.58. The van der Waals surface area contributed by atoms with Crippen LogP contribution in [0.2, 0.25) is 0 Å². The summed E-state index contributed by atoms with van der Waals surface area (Å²) in [5.41, 5.74) is 0. The van der Waals surface area contributed by atoms with Crippen molar-refractivity contribution in [2.45, 2.75) is 6.92 Å². The van der Waals surface area contributed by atoms with Gasteiger partial charge in [0.25, 0.3) is 0 Å². The van der Waals surface area contributed by atoms with Crippen LogP contribution in [0.1, 0.15) is 6.92 Å². The van der Waals surface area contributed by atoms with E-state index in [9.17, 15) is 0 Å². The zero-order chi connectivity index (χ0) is 4.12. The Bertz CT molecular complexity index is 45.9. The molecule has 0 aromatic rings. The summed E-state index contributed by atoms with van der Waals surface area (Å²) < 4.78 is 0. The van der Waals surface area contributed by atoms with Gasteiger partial charge in [-0.3, -0.25) is 0 Å². The molecule has 0 N–H and O–H groups in total. The Morgan fingerprint density at radius 1 is 1.50 bits per heavy atom. The third-order valence-corrected chi connectivity index (χ3v) is 0.329. The van der Waals surface area contributed by atoms with E-state index in [0.29, 0.717) is 0 Å². The fourth-order valence-corrected chi connectivity index (χ4v) is 0.136. The van der Waals surface area contributed by atoms with Crippen LogP contribution in [0.15, 0.2) is 24.8 Å². The van der Waals surface area contributed by atoms with Gasteiger partial charge in [0, 0.05) is 0 Å². The third-order valence-electron chi connectivity index (χ3n) is 0.329. The molecule has 0 aliphatic rings. The molecule has 0 bridgehead atoms. The van der Waals surface area contributed by atoms with Gasteiger partial charge in [-0.15, -0.1) is 0 Å². The van der Waals surface area contributed by atoms with Crippen LogP contribution in [0.4, 0.5) is 0 Å². The predicted molar refractivity (Wildman–Crippen MR) is 32.2 cm³/mol. The van der Waals surface area contributed by atoms with Crippen molar-refractivity contribution in [3.05, 3.63) is 24.8 Å². The van der Waals surface area contributed by atoms with E-state index in [1.807, 2.05) is 19.1 Å². The molecule has 0 aliphatic carbocycles. The fraction of sp³-hybridized carbons (Fsp3) is 0.200. The Balaban J connectivity index is 0. The molecule has 0 atom stereocenters. The Hall–Kier alpha value is 0.480. The first-order chi connectivity index (χ1) is 2.41. The average Bonchev–Trinajstić information content (AvgIpc) is 1.41. The molecule has 0 saturated heterocycles. The van der Waals surface area contributed by atoms with Crippen LogP contribution >= 0.6 is 0 Å². The molecule has 0 fully saturated rings. The molecular weight excluding hydrogens is 83.0 g/mol. The van der Waals surface area contributed by atoms with E-state index in [2.05, 4.69) is 6.58 Å². The Labute approximate surface area is 61.2 Å². The summed E-state index contributed by atoms with van der Waals surface area (Å²) in [4.78, 5) is 0. The van der Waals surface area contributed by atoms with Crippen LogP contribution < -0.4 is 0 Å². The van der Waals surface area contributed by atoms with Gasteiger partial charge in [0.15, 0.2) is 0 Å². The van der Waals surface area contributed by atoms with Crippen molar-refractivity contribution >= 4 is 29.6 Å². The van der Waals surface area contributed by atoms with Crippen molar-refractivity contribution in [3.8, 4) is 0 Å². The van der Waals surface area contributed by atoms with Crippen LogP contribution in [0.25, 0.3) is 0 Å². The summed E-state index contributed by atoms with van der Waals surface area (Å²) >= 11 is 0. The molecule has 0 spiro atoms. The molecule has 0 saturated carbocycles. The van der Waals surface area contributed by atoms with Crippen LogP contribution in [0.5, 0.6) is 0 Å². The van der Waals surface area contributed by atoms with Crippen molar-refractivity contribution in [2.24, 2.45) is 0 Å². The van der Waals surface area contributed by atoms with Gasteiger partial charge in [-0.1, -0.05) is 24.8 Å². The molecule has 0 unspecified atom stereocenters. The molecular formula is C5H9Na. The quantitative estimate of drug-likeness (QED) is 0.335. The van der Waals surface area contributed by atoms with E-state index in [-0.39, 0.29) is 29.6 Å². The van der Waals surface area contributed by atoms with Gasteiger partial charge >= 0.3 is 29.6 Å². The molecule has 0 heterocycles. The van der Waals surface area contributed by atoms with Crippen molar-refractivity contribution < 1.29 is 0 Å². The normalized spacial score (nSPS) is 7.50. The van der Waals surface area contributed by atoms with Gasteiger partial charge in [-0.2, -0.15) is 0 Å². The Morgan fingerprint density at radius 2 is 2.00 bits per heavy atom. The fourth-order valence-electron chi connectivity index (χ4n) is 0.136. The van der Waals surface area contributed by atoms with Gasteiger partial charge in [0.2, 0.25) is 0 Å². The van der Waals surface area contributed by atoms with Gasteiger partial charge < -0.3 is 0 Å². The second kappa shape index (κ2) is 9.08. The van der Waals surface area contributed by atoms with Crippen molar-refractivity contribution in [2.75, 3.05) is 0 Å². The van der Waals surface area contributed by atoms with Gasteiger partial charge in [-0.25, -0.2) is 0 Å². The van der Waals surface area contributed by atoms with Gasteiger partial charge in [0.1, 0.15) is 0 Å². The third kappa shape index (κ3) is 8.82. The van der Waals surface area contributed by atoms with E-state index >= 15 is 0 Å². The number of allylic oxidation sites excluding steroid dienone is 3. The van der Waals surface area contributed by atoms with E-state index in [1.165, 1.54) is 0 Å². The van der Waals surface area contributed by atoms with Crippen molar-refractivity contribution in [1.82, 2.24) is 0 Å². The number of hydrogen-bond donors (Lipinski definition) is 0. The monoisotopic (exact) mass is 92.1 g/mol. The summed E-state index contributed by atoms with van der Waals surface area (Å²) in [7, 11) is 0. The molecule has 30 valence electrons. The molecule has 0 nitrogen and oxygen atoms in total. The molecule has 0 aromatic heterocycles. The zero-order valence-corrected chi connectivity index (χ0v) is 3.44. The SMILES string of the molecule is C=CC=CC.[NaH]. The topological polar surface area (TPSA) is 0 Å². The Kier molecular flexibility index (Phi) is 14.7. The van der Waals surface area contributed by atoms with Crippen LogP contribution in [-0.2, 0) is 0 Å². The van der Waals surface area contributed by atoms with Crippen molar-refractivity contribution in [3.63, 3.8) is 0 Å². The minimum atomic E-state index is 0. The maximum absolute atomic E-state index is 3.46. The molecule has 0 radical (unpaired) electrons. The van der Waals surface area contributed by atoms with E-state index in [1.54, 1.807) is 6.08 Å². The summed E-state index contributed by atoms with van der Waals surface area (Å²) in [6, 6.07) is 0. The second-order valence-electron chi connectivity index (χ2n) is 0.761. The zero-order valence-electron chi connectivity index (χ0n) is 3.44. The minimum absolute atomic E-state index is 0. The first-order valence-corrected chi connectivity index (χ1v) is 1.65. The van der Waals surface area contributed by atoms with E-state index < -0.39 is 0 Å². The second-order valence-corrected chi connectivity index (χ2v) is 0.761. The van der Waals surface area contributed by atoms with Crippen LogP contribution in [0, 0.1) is 0 Å². The average molecular weight is 92.1 g/mol. The van der Waals surface area contributed by atoms with Crippen LogP contribution in [0.3, 0.4) is 0 Å². The van der Waals surface area contributed by atoms with Gasteiger partial charge in [-0.05, 0) is 6.92 Å². The first kappa shape index (κ1) is 9.70. The molecule has 0 amide bonds. The predicted octanol–water partition coefficient (Wildman–Crippen LogP) is 1.10. The van der Waals surface area contributed by atoms with Gasteiger partial charge in [0.05, 0.1) is 0 Å². The molecule has 1 heteroatoms. The standard InChI is InChI=1S/C5H8.Na.H/c1-3-5-4-2;;/h3-5H,1H2,2H3;;. The summed E-state index contributed by atoms with van der Waals surface area (Å²) in [5, 5.41) is 0. The summed E-state index contributed by atoms with van der Waals surface area (Å²) in [6.45, 7) is 5.42. The van der Waals surface area contributed by atoms with Crippen LogP contribution in [-0.4, -0.2) is 29.6 Å². The van der Waals surface area contributed by atoms with E-state index in [4.69, 9.17) is 0 Å². The molecule has 6 heavy (non-hydrogen) atoms. The first-order valence-electron chi connectivity index (χ1n) is 1.65. The number of hydrogen-bond acceptors (Lipinski definition) is 0. The molecule has 0 aliphatic heterocycles. The maximum atomic E-state index is 3.46. The summed E-state index contributed by atoms with van der Waals surface area (Å²) in [5.74, 6) is 0. The number of rotatable bonds is 1. The Morgan fingerprint density at radius 3 is 2.00 bits per heavy atom.